The van der Waals surface area contributed by atoms with E-state index in [4.69, 9.17) is 4.74 Å². The van der Waals surface area contributed by atoms with Gasteiger partial charge >= 0.3 is 12.0 Å². The van der Waals surface area contributed by atoms with Gasteiger partial charge in [0, 0.05) is 27.3 Å². The van der Waals surface area contributed by atoms with Gasteiger partial charge in [-0.1, -0.05) is 30.3 Å². The summed E-state index contributed by atoms with van der Waals surface area (Å²) in [5.74, 6) is -3.11. The van der Waals surface area contributed by atoms with Crippen LogP contribution in [0.15, 0.2) is 47.4 Å². The van der Waals surface area contributed by atoms with Gasteiger partial charge in [-0.3, -0.25) is 4.79 Å². The third-order valence-electron chi connectivity index (χ3n) is 3.72. The predicted molar refractivity (Wildman–Crippen MR) is 84.2 cm³/mol. The number of ether oxygens (including phenoxy) is 3. The summed E-state index contributed by atoms with van der Waals surface area (Å²) < 4.78 is 56.1. The van der Waals surface area contributed by atoms with E-state index in [1.54, 1.807) is 0 Å². The number of nitrogens with zero attached hydrogens (tertiary/aromatic N) is 1. The molecule has 0 saturated carbocycles. The molecular formula is C17H18F3NO4. The van der Waals surface area contributed by atoms with Gasteiger partial charge in [-0.25, -0.2) is 0 Å². The molecule has 0 radical (unpaired) electrons. The van der Waals surface area contributed by atoms with Gasteiger partial charge in [0.2, 0.25) is 5.43 Å². The number of pyridine rings is 1. The molecule has 0 aliphatic heterocycles. The lowest BCUT2D eigenvalue weighted by Gasteiger charge is -2.34. The molecule has 0 saturated heterocycles. The van der Waals surface area contributed by atoms with Crippen LogP contribution >= 0.6 is 0 Å². The van der Waals surface area contributed by atoms with Gasteiger partial charge in [0.15, 0.2) is 5.75 Å². The van der Waals surface area contributed by atoms with Gasteiger partial charge in [0.25, 0.3) is 0 Å². The minimum Gasteiger partial charge on any atom is -0.483 e. The van der Waals surface area contributed by atoms with Gasteiger partial charge in [0.1, 0.15) is 6.61 Å². The number of alkyl halides is 3. The molecule has 2 aromatic rings. The Balaban J connectivity index is 2.38. The second-order valence-electron chi connectivity index (χ2n) is 5.29. The maximum absolute atomic E-state index is 13.4. The molecule has 1 aromatic carbocycles. The highest BCUT2D eigenvalue weighted by Crippen LogP contribution is 2.42. The maximum Gasteiger partial charge on any atom is 0.449 e. The van der Waals surface area contributed by atoms with Gasteiger partial charge < -0.3 is 18.8 Å². The van der Waals surface area contributed by atoms with Crippen molar-refractivity contribution in [2.75, 3.05) is 14.2 Å². The summed E-state index contributed by atoms with van der Waals surface area (Å²) in [6.07, 6.45) is -3.70. The molecule has 136 valence electrons. The third-order valence-corrected chi connectivity index (χ3v) is 3.72. The predicted octanol–water partition coefficient (Wildman–Crippen LogP) is 2.97. The molecule has 0 unspecified atom stereocenters. The number of methoxy groups -OCH3 is 2. The van der Waals surface area contributed by atoms with Crippen molar-refractivity contribution >= 4 is 0 Å². The van der Waals surface area contributed by atoms with Crippen molar-refractivity contribution < 1.29 is 27.4 Å². The first-order valence-electron chi connectivity index (χ1n) is 7.30. The quantitative estimate of drug-likeness (QED) is 0.746. The fourth-order valence-electron chi connectivity index (χ4n) is 2.45. The Morgan fingerprint density at radius 3 is 2.20 bits per heavy atom. The van der Waals surface area contributed by atoms with Crippen molar-refractivity contribution in [3.63, 3.8) is 0 Å². The summed E-state index contributed by atoms with van der Waals surface area (Å²) in [6.45, 7) is 0.119. The first kappa shape index (κ1) is 19.0. The highest BCUT2D eigenvalue weighted by molar-refractivity contribution is 5.26. The van der Waals surface area contributed by atoms with Crippen molar-refractivity contribution in [3.05, 3.63) is 64.1 Å². The summed E-state index contributed by atoms with van der Waals surface area (Å²) in [6, 6.07) is 9.89. The molecule has 0 N–H and O–H groups in total. The average molecular weight is 357 g/mol. The van der Waals surface area contributed by atoms with Gasteiger partial charge in [-0.05, 0) is 5.56 Å². The molecule has 0 spiro atoms. The summed E-state index contributed by atoms with van der Waals surface area (Å²) in [5, 5.41) is 0. The van der Waals surface area contributed by atoms with E-state index in [1.807, 2.05) is 30.3 Å². The van der Waals surface area contributed by atoms with Crippen LogP contribution < -0.4 is 10.2 Å². The van der Waals surface area contributed by atoms with E-state index < -0.39 is 23.1 Å². The van der Waals surface area contributed by atoms with Crippen molar-refractivity contribution in [2.24, 2.45) is 7.05 Å². The molecule has 0 aliphatic carbocycles. The Kier molecular flexibility index (Phi) is 5.54. The molecule has 0 aliphatic rings. The Labute approximate surface area is 142 Å². The van der Waals surface area contributed by atoms with Crippen LogP contribution in [-0.2, 0) is 28.9 Å². The lowest BCUT2D eigenvalue weighted by Crippen LogP contribution is -2.48. The van der Waals surface area contributed by atoms with Crippen molar-refractivity contribution in [2.45, 2.75) is 18.6 Å². The molecule has 0 bridgehead atoms. The first-order valence-corrected chi connectivity index (χ1v) is 7.30. The summed E-state index contributed by atoms with van der Waals surface area (Å²) in [4.78, 5) is 12.2. The van der Waals surface area contributed by atoms with E-state index in [2.05, 4.69) is 9.47 Å². The zero-order valence-corrected chi connectivity index (χ0v) is 14.0. The molecule has 5 nitrogen and oxygen atoms in total. The first-order chi connectivity index (χ1) is 11.7. The highest BCUT2D eigenvalue weighted by Gasteiger charge is 2.59. The van der Waals surface area contributed by atoms with E-state index in [9.17, 15) is 18.0 Å². The minimum absolute atomic E-state index is 0.0709. The topological polar surface area (TPSA) is 49.7 Å². The number of hydrogen-bond donors (Lipinski definition) is 0. The number of halogens is 3. The van der Waals surface area contributed by atoms with Crippen LogP contribution in [0.4, 0.5) is 13.2 Å². The van der Waals surface area contributed by atoms with Crippen molar-refractivity contribution in [1.29, 1.82) is 0 Å². The number of hydrogen-bond acceptors (Lipinski definition) is 4. The maximum atomic E-state index is 13.4. The second-order valence-corrected chi connectivity index (χ2v) is 5.29. The van der Waals surface area contributed by atoms with Crippen LogP contribution in [0.1, 0.15) is 11.3 Å². The Bertz CT molecular complexity index is 768. The second kappa shape index (κ2) is 7.28. The number of rotatable bonds is 6. The Morgan fingerprint density at radius 2 is 1.68 bits per heavy atom. The fraction of sp³-hybridized carbons (Fsp3) is 0.353. The average Bonchev–Trinajstić information content (AvgIpc) is 2.57. The summed E-state index contributed by atoms with van der Waals surface area (Å²) >= 11 is 0. The molecule has 0 atom stereocenters. The zero-order chi connectivity index (χ0) is 18.7. The molecule has 0 fully saturated rings. The zero-order valence-electron chi connectivity index (χ0n) is 14.0. The lowest BCUT2D eigenvalue weighted by molar-refractivity contribution is -0.379. The standard InChI is InChI=1S/C17H18F3NO4/c1-21-10-14(25-11-12-7-5-4-6-8-12)13(22)9-15(21)16(23-2,24-3)17(18,19)20/h4-10H,11H2,1-3H3. The van der Waals surface area contributed by atoms with Gasteiger partial charge in [0.05, 0.1) is 11.9 Å². The normalized spacial score (nSPS) is 12.2. The molecule has 25 heavy (non-hydrogen) atoms. The Morgan fingerprint density at radius 1 is 1.08 bits per heavy atom. The van der Waals surface area contributed by atoms with Crippen LogP contribution in [-0.4, -0.2) is 25.0 Å². The van der Waals surface area contributed by atoms with Gasteiger partial charge in [-0.2, -0.15) is 13.2 Å². The van der Waals surface area contributed by atoms with Crippen LogP contribution in [0, 0.1) is 0 Å². The van der Waals surface area contributed by atoms with Crippen LogP contribution in [0.25, 0.3) is 0 Å². The van der Waals surface area contributed by atoms with E-state index >= 15 is 0 Å². The minimum atomic E-state index is -4.88. The van der Waals surface area contributed by atoms with Crippen molar-refractivity contribution in [3.8, 4) is 5.75 Å². The molecule has 8 heteroatoms. The number of aromatic nitrogens is 1. The van der Waals surface area contributed by atoms with E-state index in [-0.39, 0.29) is 12.4 Å². The number of aryl methyl sites for hydroxylation is 1. The fourth-order valence-corrected chi connectivity index (χ4v) is 2.45. The van der Waals surface area contributed by atoms with Crippen LogP contribution in [0.3, 0.4) is 0 Å². The summed E-state index contributed by atoms with van der Waals surface area (Å²) in [5.41, 5.74) is -0.360. The number of benzene rings is 1. The van der Waals surface area contributed by atoms with Gasteiger partial charge in [-0.15, -0.1) is 0 Å². The Hall–Kier alpha value is -2.32. The van der Waals surface area contributed by atoms with E-state index in [0.717, 1.165) is 30.4 Å². The largest absolute Gasteiger partial charge is 0.483 e. The molecule has 1 aromatic heterocycles. The van der Waals surface area contributed by atoms with Crippen LogP contribution in [0.5, 0.6) is 5.75 Å². The monoisotopic (exact) mass is 357 g/mol. The molecule has 2 rings (SSSR count). The van der Waals surface area contributed by atoms with Crippen molar-refractivity contribution in [1.82, 2.24) is 4.57 Å². The summed E-state index contributed by atoms with van der Waals surface area (Å²) in [7, 11) is 3.07. The third kappa shape index (κ3) is 3.69. The molecular weight excluding hydrogens is 339 g/mol. The smallest absolute Gasteiger partial charge is 0.449 e. The molecule has 1 heterocycles. The van der Waals surface area contributed by atoms with Crippen LogP contribution in [0.2, 0.25) is 0 Å². The highest BCUT2D eigenvalue weighted by atomic mass is 19.4. The molecule has 0 amide bonds. The SMILES string of the molecule is COC(OC)(c1cc(=O)c(OCc2ccccc2)cn1C)C(F)(F)F. The van der Waals surface area contributed by atoms with E-state index in [1.165, 1.54) is 13.2 Å². The van der Waals surface area contributed by atoms with E-state index in [0.29, 0.717) is 0 Å². The lowest BCUT2D eigenvalue weighted by atomic mass is 10.1.